The molecule has 1 aliphatic heterocycles. The highest BCUT2D eigenvalue weighted by atomic mass is 16.4. The average molecular weight is 271 g/mol. The number of amides is 3. The first-order valence-corrected chi connectivity index (χ1v) is 6.41. The molecule has 0 saturated carbocycles. The van der Waals surface area contributed by atoms with Crippen molar-refractivity contribution >= 4 is 17.9 Å². The normalized spacial score (nSPS) is 21.9. The van der Waals surface area contributed by atoms with E-state index in [9.17, 15) is 14.4 Å². The highest BCUT2D eigenvalue weighted by Gasteiger charge is 2.32. The van der Waals surface area contributed by atoms with Crippen LogP contribution in [0.15, 0.2) is 0 Å². The molecule has 1 rings (SSSR count). The van der Waals surface area contributed by atoms with Gasteiger partial charge >= 0.3 is 12.0 Å². The summed E-state index contributed by atoms with van der Waals surface area (Å²) >= 11 is 0. The van der Waals surface area contributed by atoms with Crippen LogP contribution in [0, 0.1) is 5.92 Å². The fourth-order valence-electron chi connectivity index (χ4n) is 1.98. The van der Waals surface area contributed by atoms with Crippen LogP contribution in [0.5, 0.6) is 0 Å². The molecule has 1 heterocycles. The van der Waals surface area contributed by atoms with Crippen LogP contribution in [0.25, 0.3) is 0 Å². The van der Waals surface area contributed by atoms with Gasteiger partial charge in [-0.3, -0.25) is 4.79 Å². The Morgan fingerprint density at radius 1 is 1.53 bits per heavy atom. The Kier molecular flexibility index (Phi) is 5.14. The van der Waals surface area contributed by atoms with E-state index in [1.807, 2.05) is 6.92 Å². The lowest BCUT2D eigenvalue weighted by Gasteiger charge is -2.21. The number of likely N-dealkylation sites (N-methyl/N-ethyl adjacent to an activating group) is 1. The number of carboxylic acid groups (broad SMARTS) is 1. The molecule has 0 aromatic heterocycles. The van der Waals surface area contributed by atoms with E-state index in [1.165, 1.54) is 4.90 Å². The van der Waals surface area contributed by atoms with E-state index in [4.69, 9.17) is 5.11 Å². The molecule has 0 aromatic rings. The number of carbonyl (C=O) groups excluding carboxylic acids is 2. The first-order valence-electron chi connectivity index (χ1n) is 6.41. The number of carboxylic acids is 1. The van der Waals surface area contributed by atoms with E-state index in [0.29, 0.717) is 19.4 Å². The number of rotatable bonds is 5. The Hall–Kier alpha value is -1.79. The number of likely N-dealkylation sites (tertiary alicyclic amines) is 1. The van der Waals surface area contributed by atoms with E-state index in [1.54, 1.807) is 14.0 Å². The van der Waals surface area contributed by atoms with Crippen LogP contribution in [-0.2, 0) is 9.59 Å². The summed E-state index contributed by atoms with van der Waals surface area (Å²) in [4.78, 5) is 36.0. The first-order chi connectivity index (χ1) is 8.86. The smallest absolute Gasteiger partial charge is 0.326 e. The van der Waals surface area contributed by atoms with Crippen LogP contribution in [-0.4, -0.2) is 53.6 Å². The molecule has 1 saturated heterocycles. The average Bonchev–Trinajstić information content (AvgIpc) is 2.66. The molecule has 0 spiro atoms. The van der Waals surface area contributed by atoms with Crippen LogP contribution in [0.2, 0.25) is 0 Å². The van der Waals surface area contributed by atoms with E-state index < -0.39 is 24.1 Å². The summed E-state index contributed by atoms with van der Waals surface area (Å²) in [6.07, 6.45) is 1.19. The van der Waals surface area contributed by atoms with Gasteiger partial charge in [-0.15, -0.1) is 0 Å². The van der Waals surface area contributed by atoms with Crippen molar-refractivity contribution in [3.05, 3.63) is 0 Å². The number of carbonyl (C=O) groups is 3. The number of nitrogens with one attached hydrogen (secondary N) is 2. The molecule has 108 valence electrons. The van der Waals surface area contributed by atoms with Crippen molar-refractivity contribution in [2.24, 2.45) is 5.92 Å². The zero-order chi connectivity index (χ0) is 14.6. The molecule has 7 nitrogen and oxygen atoms in total. The first kappa shape index (κ1) is 15.3. The molecule has 3 amide bonds. The minimum atomic E-state index is -1.07. The zero-order valence-corrected chi connectivity index (χ0v) is 11.5. The quantitative estimate of drug-likeness (QED) is 0.656. The number of urea groups is 1. The maximum atomic E-state index is 11.7. The van der Waals surface area contributed by atoms with Crippen molar-refractivity contribution < 1.29 is 19.5 Å². The summed E-state index contributed by atoms with van der Waals surface area (Å²) in [5, 5.41) is 14.0. The lowest BCUT2D eigenvalue weighted by molar-refractivity contribution is -0.140. The van der Waals surface area contributed by atoms with Crippen molar-refractivity contribution in [1.29, 1.82) is 0 Å². The lowest BCUT2D eigenvalue weighted by Crippen LogP contribution is -2.52. The fraction of sp³-hybridized carbons (Fsp3) is 0.750. The summed E-state index contributed by atoms with van der Waals surface area (Å²) in [5.41, 5.74) is 0. The molecule has 1 aliphatic rings. The zero-order valence-electron chi connectivity index (χ0n) is 11.5. The largest absolute Gasteiger partial charge is 0.480 e. The molecule has 0 bridgehead atoms. The monoisotopic (exact) mass is 271 g/mol. The van der Waals surface area contributed by atoms with Gasteiger partial charge in [-0.1, -0.05) is 20.3 Å². The molecular formula is C12H21N3O4. The molecule has 0 aromatic carbocycles. The maximum Gasteiger partial charge on any atom is 0.326 e. The molecule has 7 heteroatoms. The highest BCUT2D eigenvalue weighted by Crippen LogP contribution is 2.10. The molecule has 3 N–H and O–H groups in total. The van der Waals surface area contributed by atoms with Gasteiger partial charge in [-0.25, -0.2) is 9.59 Å². The Morgan fingerprint density at radius 3 is 2.58 bits per heavy atom. The van der Waals surface area contributed by atoms with E-state index in [2.05, 4.69) is 10.6 Å². The number of aliphatic carboxylic acids is 1. The van der Waals surface area contributed by atoms with Gasteiger partial charge < -0.3 is 20.6 Å². The predicted molar refractivity (Wildman–Crippen MR) is 68.6 cm³/mol. The van der Waals surface area contributed by atoms with Gasteiger partial charge in [0.2, 0.25) is 5.91 Å². The summed E-state index contributed by atoms with van der Waals surface area (Å²) in [7, 11) is 1.67. The number of nitrogens with zero attached hydrogens (tertiary/aromatic N) is 1. The minimum Gasteiger partial charge on any atom is -0.480 e. The summed E-state index contributed by atoms with van der Waals surface area (Å²) in [5.74, 6) is -1.39. The Balaban J connectivity index is 2.54. The fourth-order valence-corrected chi connectivity index (χ4v) is 1.98. The molecule has 0 aliphatic carbocycles. The second-order valence-electron chi connectivity index (χ2n) is 4.92. The molecule has 1 fully saturated rings. The van der Waals surface area contributed by atoms with Crippen molar-refractivity contribution in [3.8, 4) is 0 Å². The van der Waals surface area contributed by atoms with Crippen molar-refractivity contribution in [1.82, 2.24) is 15.5 Å². The molecule has 3 atom stereocenters. The van der Waals surface area contributed by atoms with Crippen LogP contribution >= 0.6 is 0 Å². The predicted octanol–water partition coefficient (Wildman–Crippen LogP) is 0.0156. The second-order valence-corrected chi connectivity index (χ2v) is 4.92. The third-order valence-electron chi connectivity index (χ3n) is 3.50. The summed E-state index contributed by atoms with van der Waals surface area (Å²) in [6.45, 7) is 4.21. The van der Waals surface area contributed by atoms with Crippen molar-refractivity contribution in [2.45, 2.75) is 38.8 Å². The van der Waals surface area contributed by atoms with Crippen molar-refractivity contribution in [2.75, 3.05) is 13.6 Å². The second kappa shape index (κ2) is 6.40. The molecule has 2 unspecified atom stereocenters. The van der Waals surface area contributed by atoms with Crippen LogP contribution < -0.4 is 10.6 Å². The highest BCUT2D eigenvalue weighted by molar-refractivity contribution is 5.89. The minimum absolute atomic E-state index is 0.148. The summed E-state index contributed by atoms with van der Waals surface area (Å²) in [6, 6.07) is -2.11. The Bertz CT molecular complexity index is 372. The van der Waals surface area contributed by atoms with Gasteiger partial charge in [0.25, 0.3) is 0 Å². The third kappa shape index (κ3) is 3.84. The van der Waals surface area contributed by atoms with E-state index >= 15 is 0 Å². The van der Waals surface area contributed by atoms with Crippen LogP contribution in [0.1, 0.15) is 26.7 Å². The van der Waals surface area contributed by atoms with Gasteiger partial charge in [0.05, 0.1) is 0 Å². The van der Waals surface area contributed by atoms with Gasteiger partial charge in [-0.2, -0.15) is 0 Å². The van der Waals surface area contributed by atoms with Crippen LogP contribution in [0.4, 0.5) is 4.79 Å². The van der Waals surface area contributed by atoms with E-state index in [0.717, 1.165) is 0 Å². The van der Waals surface area contributed by atoms with Crippen molar-refractivity contribution in [3.63, 3.8) is 0 Å². The third-order valence-corrected chi connectivity index (χ3v) is 3.50. The molecular weight excluding hydrogens is 250 g/mol. The Morgan fingerprint density at radius 2 is 2.16 bits per heavy atom. The maximum absolute atomic E-state index is 11.7. The van der Waals surface area contributed by atoms with Gasteiger partial charge in [0.1, 0.15) is 12.1 Å². The lowest BCUT2D eigenvalue weighted by atomic mass is 9.99. The van der Waals surface area contributed by atoms with Gasteiger partial charge in [0.15, 0.2) is 0 Å². The van der Waals surface area contributed by atoms with Gasteiger partial charge in [-0.05, 0) is 12.3 Å². The number of hydrogen-bond acceptors (Lipinski definition) is 3. The standard InChI is InChI=1S/C12H21N3O4/c1-4-7(2)9(11(17)18)14-12(19)13-8-5-6-15(3)10(8)16/h7-9H,4-6H2,1-3H3,(H,17,18)(H2,13,14,19)/t7?,8?,9-/m0/s1. The van der Waals surface area contributed by atoms with E-state index in [-0.39, 0.29) is 11.8 Å². The summed E-state index contributed by atoms with van der Waals surface area (Å²) < 4.78 is 0. The SMILES string of the molecule is CCC(C)[C@H](NC(=O)NC1CCN(C)C1=O)C(=O)O. The molecule has 0 radical (unpaired) electrons. The molecule has 19 heavy (non-hydrogen) atoms. The van der Waals surface area contributed by atoms with Crippen LogP contribution in [0.3, 0.4) is 0 Å². The topological polar surface area (TPSA) is 98.7 Å². The number of hydrogen-bond donors (Lipinski definition) is 3. The Labute approximate surface area is 112 Å². The van der Waals surface area contributed by atoms with Gasteiger partial charge in [0, 0.05) is 13.6 Å².